The lowest BCUT2D eigenvalue weighted by Crippen LogP contribution is -1.72. The van der Waals surface area contributed by atoms with E-state index < -0.39 is 0 Å². The molecule has 1 rings (SSSR count). The summed E-state index contributed by atoms with van der Waals surface area (Å²) < 4.78 is 4.34. The molecule has 0 saturated carbocycles. The highest BCUT2D eigenvalue weighted by Crippen LogP contribution is 1.99. The van der Waals surface area contributed by atoms with E-state index in [1.54, 1.807) is 6.92 Å². The van der Waals surface area contributed by atoms with Gasteiger partial charge >= 0.3 is 0 Å². The Morgan fingerprint density at radius 2 is 2.62 bits per heavy atom. The molecule has 0 atom stereocenters. The van der Waals surface area contributed by atoms with Crippen LogP contribution in [0.25, 0.3) is 0 Å². The summed E-state index contributed by atoms with van der Waals surface area (Å²) >= 11 is 0. The van der Waals surface area contributed by atoms with Gasteiger partial charge in [-0.1, -0.05) is 5.16 Å². The van der Waals surface area contributed by atoms with Gasteiger partial charge in [-0.15, -0.1) is 0 Å². The summed E-state index contributed by atoms with van der Waals surface area (Å²) in [6.45, 7) is 1.69. The fraction of sp³-hybridized carbons (Fsp3) is 0.200. The Labute approximate surface area is 46.5 Å². The van der Waals surface area contributed by atoms with E-state index in [0.717, 1.165) is 0 Å². The minimum atomic E-state index is 0.380. The van der Waals surface area contributed by atoms with Crippen molar-refractivity contribution in [1.29, 1.82) is 5.26 Å². The van der Waals surface area contributed by atoms with Gasteiger partial charge in [0.25, 0.3) is 0 Å². The van der Waals surface area contributed by atoms with Crippen molar-refractivity contribution in [3.05, 3.63) is 17.5 Å². The Kier molecular flexibility index (Phi) is 1.01. The second kappa shape index (κ2) is 1.66. The van der Waals surface area contributed by atoms with E-state index in [0.29, 0.717) is 11.3 Å². The van der Waals surface area contributed by atoms with E-state index in [2.05, 4.69) is 15.9 Å². The monoisotopic (exact) mass is 107 g/mol. The molecule has 3 heteroatoms. The van der Waals surface area contributed by atoms with Crippen molar-refractivity contribution in [3.63, 3.8) is 0 Å². The molecule has 0 aliphatic carbocycles. The third-order valence-corrected chi connectivity index (χ3v) is 0.804. The summed E-state index contributed by atoms with van der Waals surface area (Å²) in [6, 6.07) is 1.86. The van der Waals surface area contributed by atoms with E-state index in [-0.39, 0.29) is 0 Å². The molecular formula is C5H3N2O. The zero-order chi connectivity index (χ0) is 5.98. The van der Waals surface area contributed by atoms with Crippen molar-refractivity contribution in [3.8, 4) is 6.07 Å². The molecule has 3 nitrogen and oxygen atoms in total. The molecule has 1 heterocycles. The van der Waals surface area contributed by atoms with Gasteiger partial charge in [0.05, 0.1) is 5.69 Å². The third kappa shape index (κ3) is 0.562. The van der Waals surface area contributed by atoms with Gasteiger partial charge in [0, 0.05) is 0 Å². The lowest BCUT2D eigenvalue weighted by molar-refractivity contribution is 0.408. The van der Waals surface area contributed by atoms with Crippen LogP contribution in [0.2, 0.25) is 0 Å². The van der Waals surface area contributed by atoms with Gasteiger partial charge in [0.2, 0.25) is 6.26 Å². The quantitative estimate of drug-likeness (QED) is 0.489. The van der Waals surface area contributed by atoms with Crippen LogP contribution in [-0.4, -0.2) is 5.16 Å². The summed E-state index contributed by atoms with van der Waals surface area (Å²) in [5.41, 5.74) is 0.970. The van der Waals surface area contributed by atoms with Crippen LogP contribution in [0.15, 0.2) is 4.52 Å². The average Bonchev–Trinajstić information content (AvgIpc) is 2.14. The normalized spacial score (nSPS) is 8.50. The third-order valence-electron chi connectivity index (χ3n) is 0.804. The van der Waals surface area contributed by atoms with Gasteiger partial charge < -0.3 is 4.52 Å². The molecule has 1 aromatic rings. The van der Waals surface area contributed by atoms with Crippen molar-refractivity contribution < 1.29 is 4.52 Å². The molecule has 0 spiro atoms. The summed E-state index contributed by atoms with van der Waals surface area (Å²) in [5.74, 6) is 0. The maximum Gasteiger partial charge on any atom is 0.224 e. The molecule has 0 aliphatic rings. The molecule has 0 bridgehead atoms. The number of aromatic nitrogens is 1. The van der Waals surface area contributed by atoms with E-state index in [1.807, 2.05) is 6.07 Å². The first-order valence-electron chi connectivity index (χ1n) is 2.08. The summed E-state index contributed by atoms with van der Waals surface area (Å²) in [4.78, 5) is 0. The summed E-state index contributed by atoms with van der Waals surface area (Å²) in [7, 11) is 0. The van der Waals surface area contributed by atoms with Crippen molar-refractivity contribution in [2.24, 2.45) is 0 Å². The Bertz CT molecular complexity index is 221. The van der Waals surface area contributed by atoms with Crippen molar-refractivity contribution >= 4 is 0 Å². The molecule has 0 aliphatic heterocycles. The number of aryl methyl sites for hydroxylation is 1. The van der Waals surface area contributed by atoms with Crippen molar-refractivity contribution in [2.75, 3.05) is 0 Å². The topological polar surface area (TPSA) is 49.8 Å². The zero-order valence-electron chi connectivity index (χ0n) is 4.30. The first-order chi connectivity index (χ1) is 3.84. The molecule has 0 unspecified atom stereocenters. The van der Waals surface area contributed by atoms with Crippen LogP contribution in [0.1, 0.15) is 11.3 Å². The molecule has 0 fully saturated rings. The van der Waals surface area contributed by atoms with Crippen molar-refractivity contribution in [1.82, 2.24) is 5.16 Å². The number of nitrogens with zero attached hydrogens (tertiary/aromatic N) is 2. The average molecular weight is 107 g/mol. The number of rotatable bonds is 0. The predicted molar refractivity (Wildman–Crippen MR) is 24.8 cm³/mol. The van der Waals surface area contributed by atoms with Gasteiger partial charge in [0.15, 0.2) is 0 Å². The Morgan fingerprint density at radius 3 is 2.88 bits per heavy atom. The zero-order valence-corrected chi connectivity index (χ0v) is 4.30. The van der Waals surface area contributed by atoms with Crippen LogP contribution in [0, 0.1) is 24.5 Å². The molecule has 0 aromatic carbocycles. The van der Waals surface area contributed by atoms with Gasteiger partial charge in [-0.3, -0.25) is 0 Å². The molecule has 1 radical (unpaired) electrons. The largest absolute Gasteiger partial charge is 0.351 e. The molecule has 39 valence electrons. The van der Waals surface area contributed by atoms with Crippen LogP contribution >= 0.6 is 0 Å². The Hall–Kier alpha value is -1.30. The second-order valence-electron chi connectivity index (χ2n) is 1.36. The maximum atomic E-state index is 8.23. The highest BCUT2D eigenvalue weighted by atomic mass is 16.5. The van der Waals surface area contributed by atoms with E-state index >= 15 is 0 Å². The highest BCUT2D eigenvalue weighted by molar-refractivity contribution is 5.26. The van der Waals surface area contributed by atoms with Gasteiger partial charge in [-0.05, 0) is 6.92 Å². The standard InChI is InChI=1S/C5H3N2O/c1-4-5(2-6)3-8-7-4/h1H3. The molecule has 0 amide bonds. The van der Waals surface area contributed by atoms with Crippen LogP contribution in [-0.2, 0) is 0 Å². The number of nitriles is 1. The van der Waals surface area contributed by atoms with E-state index in [1.165, 1.54) is 0 Å². The van der Waals surface area contributed by atoms with Crippen molar-refractivity contribution in [2.45, 2.75) is 6.92 Å². The molecule has 1 aromatic heterocycles. The minimum Gasteiger partial charge on any atom is -0.351 e. The highest BCUT2D eigenvalue weighted by Gasteiger charge is 1.98. The maximum absolute atomic E-state index is 8.23. The van der Waals surface area contributed by atoms with Crippen LogP contribution in [0.5, 0.6) is 0 Å². The van der Waals surface area contributed by atoms with Gasteiger partial charge in [-0.25, -0.2) is 0 Å². The first-order valence-corrected chi connectivity index (χ1v) is 2.08. The Balaban J connectivity index is 3.15. The molecule has 8 heavy (non-hydrogen) atoms. The smallest absolute Gasteiger partial charge is 0.224 e. The predicted octanol–water partition coefficient (Wildman–Crippen LogP) is 0.655. The van der Waals surface area contributed by atoms with Crippen LogP contribution in [0.4, 0.5) is 0 Å². The first kappa shape index (κ1) is 4.85. The number of hydrogen-bond donors (Lipinski definition) is 0. The van der Waals surface area contributed by atoms with E-state index in [9.17, 15) is 0 Å². The summed E-state index contributed by atoms with van der Waals surface area (Å²) in [6.07, 6.45) is 2.31. The van der Waals surface area contributed by atoms with Gasteiger partial charge in [0.1, 0.15) is 11.6 Å². The van der Waals surface area contributed by atoms with Gasteiger partial charge in [-0.2, -0.15) is 5.26 Å². The molecule has 0 saturated heterocycles. The van der Waals surface area contributed by atoms with Crippen LogP contribution < -0.4 is 0 Å². The lowest BCUT2D eigenvalue weighted by Gasteiger charge is -1.70. The number of hydrogen-bond acceptors (Lipinski definition) is 3. The minimum absolute atomic E-state index is 0.380. The fourth-order valence-electron chi connectivity index (χ4n) is 0.360. The van der Waals surface area contributed by atoms with E-state index in [4.69, 9.17) is 5.26 Å². The molecule has 0 N–H and O–H groups in total. The Morgan fingerprint density at radius 1 is 1.88 bits per heavy atom. The van der Waals surface area contributed by atoms with Crippen LogP contribution in [0.3, 0.4) is 0 Å². The second-order valence-corrected chi connectivity index (χ2v) is 1.36. The summed E-state index contributed by atoms with van der Waals surface area (Å²) in [5, 5.41) is 11.7. The molecular weight excluding hydrogens is 104 g/mol. The fourth-order valence-corrected chi connectivity index (χ4v) is 0.360. The SMILES string of the molecule is Cc1no[c]c1C#N. The lowest BCUT2D eigenvalue weighted by atomic mass is 10.3.